The topological polar surface area (TPSA) is 78.7 Å². The average Bonchev–Trinajstić information content (AvgIpc) is 2.90. The number of nitrogen functional groups attached to an aromatic ring is 1. The number of nitrogens with zero attached hydrogens (tertiary/aromatic N) is 4. The molecule has 2 N–H and O–H groups in total. The second-order valence-electron chi connectivity index (χ2n) is 4.66. The molecular weight excluding hydrogens is 254 g/mol. The molecule has 0 bridgehead atoms. The lowest BCUT2D eigenvalue weighted by Crippen LogP contribution is -2.21. The summed E-state index contributed by atoms with van der Waals surface area (Å²) < 4.78 is 3.39. The molecule has 6 heteroatoms. The van der Waals surface area contributed by atoms with Crippen molar-refractivity contribution < 1.29 is 0 Å². The Morgan fingerprint density at radius 1 is 1.35 bits per heavy atom. The van der Waals surface area contributed by atoms with Gasteiger partial charge in [0.25, 0.3) is 5.56 Å². The molecule has 0 amide bonds. The maximum absolute atomic E-state index is 12.4. The van der Waals surface area contributed by atoms with Gasteiger partial charge in [-0.15, -0.1) is 0 Å². The zero-order chi connectivity index (χ0) is 14.1. The molecule has 0 spiro atoms. The van der Waals surface area contributed by atoms with Crippen LogP contribution in [-0.2, 0) is 13.1 Å². The minimum atomic E-state index is -0.0912. The molecule has 0 saturated heterocycles. The summed E-state index contributed by atoms with van der Waals surface area (Å²) >= 11 is 0. The van der Waals surface area contributed by atoms with E-state index >= 15 is 0 Å². The maximum atomic E-state index is 12.4. The maximum Gasteiger partial charge on any atom is 0.261 e. The van der Waals surface area contributed by atoms with Gasteiger partial charge in [0.15, 0.2) is 0 Å². The Morgan fingerprint density at radius 3 is 2.95 bits per heavy atom. The molecule has 3 aromatic rings. The third-order valence-corrected chi connectivity index (χ3v) is 3.21. The van der Waals surface area contributed by atoms with Crippen molar-refractivity contribution in [1.29, 1.82) is 0 Å². The Bertz CT molecular complexity index is 818. The largest absolute Gasteiger partial charge is 0.399 e. The molecule has 0 aliphatic carbocycles. The number of fused-ring (bicyclic) bond motifs is 1. The molecule has 0 aliphatic heterocycles. The number of nitrogens with two attached hydrogens (primary N) is 1. The van der Waals surface area contributed by atoms with Crippen LogP contribution in [0.2, 0.25) is 0 Å². The van der Waals surface area contributed by atoms with Gasteiger partial charge in [0.1, 0.15) is 0 Å². The number of anilines is 1. The molecule has 20 heavy (non-hydrogen) atoms. The number of benzene rings is 1. The highest BCUT2D eigenvalue weighted by Gasteiger charge is 2.06. The van der Waals surface area contributed by atoms with Gasteiger partial charge in [0, 0.05) is 24.0 Å². The van der Waals surface area contributed by atoms with Gasteiger partial charge in [0.05, 0.1) is 30.0 Å². The summed E-state index contributed by atoms with van der Waals surface area (Å²) in [6, 6.07) is 5.16. The molecule has 0 fully saturated rings. The SMILES string of the molecule is CCn1cc(Cn2cnc3ccc(N)cc3c2=O)cn1. The summed E-state index contributed by atoms with van der Waals surface area (Å²) in [4.78, 5) is 16.7. The predicted molar refractivity (Wildman–Crippen MR) is 77.4 cm³/mol. The van der Waals surface area contributed by atoms with Crippen LogP contribution in [0.5, 0.6) is 0 Å². The van der Waals surface area contributed by atoms with E-state index in [0.717, 1.165) is 12.1 Å². The fourth-order valence-electron chi connectivity index (χ4n) is 2.15. The highest BCUT2D eigenvalue weighted by atomic mass is 16.1. The van der Waals surface area contributed by atoms with Gasteiger partial charge in [-0.25, -0.2) is 4.98 Å². The van der Waals surface area contributed by atoms with Crippen molar-refractivity contribution >= 4 is 16.6 Å². The minimum Gasteiger partial charge on any atom is -0.399 e. The van der Waals surface area contributed by atoms with E-state index in [-0.39, 0.29) is 5.56 Å². The molecule has 0 radical (unpaired) electrons. The van der Waals surface area contributed by atoms with Crippen LogP contribution in [0.25, 0.3) is 10.9 Å². The number of hydrogen-bond donors (Lipinski definition) is 1. The minimum absolute atomic E-state index is 0.0912. The molecule has 2 aromatic heterocycles. The van der Waals surface area contributed by atoms with E-state index in [9.17, 15) is 4.79 Å². The Kier molecular flexibility index (Phi) is 2.98. The van der Waals surface area contributed by atoms with Crippen molar-refractivity contribution in [2.45, 2.75) is 20.0 Å². The molecule has 0 saturated carbocycles. The predicted octanol–water partition coefficient (Wildman–Crippen LogP) is 1.24. The molecule has 102 valence electrons. The first-order valence-corrected chi connectivity index (χ1v) is 6.43. The summed E-state index contributed by atoms with van der Waals surface area (Å²) in [5.41, 5.74) is 7.83. The smallest absolute Gasteiger partial charge is 0.261 e. The summed E-state index contributed by atoms with van der Waals surface area (Å²) in [5.74, 6) is 0. The lowest BCUT2D eigenvalue weighted by Gasteiger charge is -2.05. The molecule has 0 atom stereocenters. The van der Waals surface area contributed by atoms with Crippen LogP contribution in [0, 0.1) is 0 Å². The van der Waals surface area contributed by atoms with Gasteiger partial charge in [-0.3, -0.25) is 14.0 Å². The first kappa shape index (κ1) is 12.4. The van der Waals surface area contributed by atoms with E-state index in [0.29, 0.717) is 23.1 Å². The lowest BCUT2D eigenvalue weighted by atomic mass is 10.2. The third-order valence-electron chi connectivity index (χ3n) is 3.21. The Balaban J connectivity index is 2.03. The molecule has 2 heterocycles. The average molecular weight is 269 g/mol. The number of rotatable bonds is 3. The van der Waals surface area contributed by atoms with Crippen molar-refractivity contribution in [1.82, 2.24) is 19.3 Å². The van der Waals surface area contributed by atoms with E-state index < -0.39 is 0 Å². The highest BCUT2D eigenvalue weighted by Crippen LogP contribution is 2.11. The molecular formula is C14H15N5O. The van der Waals surface area contributed by atoms with Gasteiger partial charge in [0.2, 0.25) is 0 Å². The van der Waals surface area contributed by atoms with Crippen LogP contribution < -0.4 is 11.3 Å². The number of aromatic nitrogens is 4. The number of hydrogen-bond acceptors (Lipinski definition) is 4. The van der Waals surface area contributed by atoms with Crippen LogP contribution >= 0.6 is 0 Å². The highest BCUT2D eigenvalue weighted by molar-refractivity contribution is 5.80. The van der Waals surface area contributed by atoms with Crippen molar-refractivity contribution in [3.8, 4) is 0 Å². The fourth-order valence-corrected chi connectivity index (χ4v) is 2.15. The molecule has 1 aromatic carbocycles. The monoisotopic (exact) mass is 269 g/mol. The summed E-state index contributed by atoms with van der Waals surface area (Å²) in [6.45, 7) is 3.28. The van der Waals surface area contributed by atoms with E-state index in [1.165, 1.54) is 0 Å². The third kappa shape index (κ3) is 2.16. The Labute approximate surface area is 115 Å². The van der Waals surface area contributed by atoms with Gasteiger partial charge in [-0.2, -0.15) is 5.10 Å². The van der Waals surface area contributed by atoms with Crippen LogP contribution in [0.4, 0.5) is 5.69 Å². The second-order valence-corrected chi connectivity index (χ2v) is 4.66. The van der Waals surface area contributed by atoms with E-state index in [1.807, 2.05) is 17.8 Å². The second kappa shape index (κ2) is 4.80. The van der Waals surface area contributed by atoms with Crippen LogP contribution in [0.15, 0.2) is 41.7 Å². The fraction of sp³-hybridized carbons (Fsp3) is 0.214. The van der Waals surface area contributed by atoms with E-state index in [4.69, 9.17) is 5.73 Å². The normalized spacial score (nSPS) is 11.1. The Hall–Kier alpha value is -2.63. The quantitative estimate of drug-likeness (QED) is 0.726. The van der Waals surface area contributed by atoms with Crippen LogP contribution in [0.3, 0.4) is 0 Å². The van der Waals surface area contributed by atoms with Crippen LogP contribution in [0.1, 0.15) is 12.5 Å². The zero-order valence-electron chi connectivity index (χ0n) is 11.2. The Morgan fingerprint density at radius 2 is 2.20 bits per heavy atom. The summed E-state index contributed by atoms with van der Waals surface area (Å²) in [7, 11) is 0. The summed E-state index contributed by atoms with van der Waals surface area (Å²) in [5, 5.41) is 4.74. The van der Waals surface area contributed by atoms with Crippen molar-refractivity contribution in [2.24, 2.45) is 0 Å². The standard InChI is InChI=1S/C14H15N5O/c1-2-19-8-10(6-17-19)7-18-9-16-13-4-3-11(15)5-12(13)14(18)20/h3-6,8-9H,2,7,15H2,1H3. The zero-order valence-corrected chi connectivity index (χ0v) is 11.2. The van der Waals surface area contributed by atoms with Crippen molar-refractivity contribution in [3.05, 3.63) is 52.8 Å². The molecule has 3 rings (SSSR count). The molecule has 0 aliphatic rings. The van der Waals surface area contributed by atoms with Gasteiger partial charge >= 0.3 is 0 Å². The van der Waals surface area contributed by atoms with E-state index in [1.54, 1.807) is 35.3 Å². The van der Waals surface area contributed by atoms with Gasteiger partial charge in [-0.05, 0) is 25.1 Å². The first-order chi connectivity index (χ1) is 9.67. The van der Waals surface area contributed by atoms with Crippen molar-refractivity contribution in [3.63, 3.8) is 0 Å². The van der Waals surface area contributed by atoms with Crippen LogP contribution in [-0.4, -0.2) is 19.3 Å². The first-order valence-electron chi connectivity index (χ1n) is 6.43. The number of aryl methyl sites for hydroxylation is 1. The summed E-state index contributed by atoms with van der Waals surface area (Å²) in [6.07, 6.45) is 5.25. The molecule has 0 unspecified atom stereocenters. The van der Waals surface area contributed by atoms with Gasteiger partial charge < -0.3 is 5.73 Å². The van der Waals surface area contributed by atoms with Crippen molar-refractivity contribution in [2.75, 3.05) is 5.73 Å². The van der Waals surface area contributed by atoms with E-state index in [2.05, 4.69) is 10.1 Å². The van der Waals surface area contributed by atoms with Gasteiger partial charge in [-0.1, -0.05) is 0 Å². The lowest BCUT2D eigenvalue weighted by molar-refractivity contribution is 0.657. The molecule has 6 nitrogen and oxygen atoms in total.